The number of carboxylic acid groups (broad SMARTS) is 1. The third-order valence-electron chi connectivity index (χ3n) is 1.74. The van der Waals surface area contributed by atoms with Crippen molar-refractivity contribution in [2.45, 2.75) is 6.43 Å². The number of alkyl halides is 2. The van der Waals surface area contributed by atoms with Gasteiger partial charge in [-0.2, -0.15) is 0 Å². The maximum atomic E-state index is 12.5. The van der Waals surface area contributed by atoms with Crippen LogP contribution in [0.4, 0.5) is 14.5 Å². The lowest BCUT2D eigenvalue weighted by molar-refractivity contribution is -0.387. The van der Waals surface area contributed by atoms with Crippen molar-refractivity contribution in [2.24, 2.45) is 0 Å². The summed E-state index contributed by atoms with van der Waals surface area (Å²) in [4.78, 5) is 32.2. The fraction of sp³-hybridized carbons (Fsp3) is 0.143. The number of aromatic nitrogens is 1. The quantitative estimate of drug-likeness (QED) is 0.596. The Bertz CT molecular complexity index is 510. The van der Waals surface area contributed by atoms with E-state index in [1.165, 1.54) is 0 Å². The first-order chi connectivity index (χ1) is 7.36. The van der Waals surface area contributed by atoms with Crippen LogP contribution in [0.2, 0.25) is 0 Å². The molecule has 0 amide bonds. The van der Waals surface area contributed by atoms with Gasteiger partial charge in [0.25, 0.3) is 6.43 Å². The van der Waals surface area contributed by atoms with E-state index in [0.717, 1.165) is 0 Å². The van der Waals surface area contributed by atoms with Crippen LogP contribution in [0, 0.1) is 10.1 Å². The van der Waals surface area contributed by atoms with Gasteiger partial charge in [-0.1, -0.05) is 0 Å². The second-order valence-corrected chi connectivity index (χ2v) is 2.66. The third-order valence-corrected chi connectivity index (χ3v) is 1.74. The summed E-state index contributed by atoms with van der Waals surface area (Å²) < 4.78 is 24.9. The van der Waals surface area contributed by atoms with Crippen LogP contribution < -0.4 is 5.56 Å². The number of hydrogen-bond acceptors (Lipinski definition) is 4. The number of nitrogens with zero attached hydrogens (tertiary/aromatic N) is 1. The number of H-pyrrole nitrogens is 1. The summed E-state index contributed by atoms with van der Waals surface area (Å²) in [5, 5.41) is 18.9. The van der Waals surface area contributed by atoms with E-state index >= 15 is 0 Å². The highest BCUT2D eigenvalue weighted by molar-refractivity contribution is 5.90. The normalized spacial score (nSPS) is 10.4. The topological polar surface area (TPSA) is 113 Å². The molecular weight excluding hydrogens is 230 g/mol. The van der Waals surface area contributed by atoms with E-state index in [4.69, 9.17) is 5.11 Å². The summed E-state index contributed by atoms with van der Waals surface area (Å²) in [7, 11) is 0. The smallest absolute Gasteiger partial charge is 0.343 e. The number of hydrogen-bond donors (Lipinski definition) is 2. The lowest BCUT2D eigenvalue weighted by atomic mass is 10.1. The number of carboxylic acids is 1. The van der Waals surface area contributed by atoms with Crippen molar-refractivity contribution in [3.63, 3.8) is 0 Å². The monoisotopic (exact) mass is 234 g/mol. The van der Waals surface area contributed by atoms with Crippen LogP contribution in [0.25, 0.3) is 0 Å². The minimum atomic E-state index is -3.42. The molecule has 0 saturated carbocycles. The summed E-state index contributed by atoms with van der Waals surface area (Å²) in [5.74, 6) is -1.78. The van der Waals surface area contributed by atoms with Crippen LogP contribution in [-0.2, 0) is 0 Å². The van der Waals surface area contributed by atoms with Gasteiger partial charge in [0.2, 0.25) is 0 Å². The van der Waals surface area contributed by atoms with Gasteiger partial charge in [0.15, 0.2) is 0 Å². The SMILES string of the molecule is O=C(O)c1c[nH]c(=O)c([N+](=O)[O-])c1C(F)F. The highest BCUT2D eigenvalue weighted by atomic mass is 19.3. The summed E-state index contributed by atoms with van der Waals surface area (Å²) in [6.07, 6.45) is -2.92. The van der Waals surface area contributed by atoms with Gasteiger partial charge in [-0.3, -0.25) is 14.9 Å². The van der Waals surface area contributed by atoms with Crippen molar-refractivity contribution < 1.29 is 23.6 Å². The number of halogens is 2. The molecular formula is C7H4F2N2O5. The Balaban J connectivity index is 3.70. The summed E-state index contributed by atoms with van der Waals surface area (Å²) >= 11 is 0. The Labute approximate surface area is 85.5 Å². The van der Waals surface area contributed by atoms with Crippen LogP contribution in [0.3, 0.4) is 0 Å². The first-order valence-corrected chi connectivity index (χ1v) is 3.77. The Hall–Kier alpha value is -2.32. The van der Waals surface area contributed by atoms with Crippen LogP contribution in [-0.4, -0.2) is 21.0 Å². The number of nitro groups is 1. The van der Waals surface area contributed by atoms with E-state index in [1.54, 1.807) is 4.98 Å². The van der Waals surface area contributed by atoms with Crippen LogP contribution in [0.5, 0.6) is 0 Å². The first kappa shape index (κ1) is 11.8. The molecule has 2 N–H and O–H groups in total. The molecule has 0 bridgehead atoms. The standard InChI is InChI=1S/C7H4F2N2O5/c8-5(9)3-2(7(13)14)1-10-6(12)4(3)11(15)16/h1,5H,(H,10,12)(H,13,14). The zero-order valence-electron chi connectivity index (χ0n) is 7.44. The van der Waals surface area contributed by atoms with Gasteiger partial charge < -0.3 is 10.1 Å². The van der Waals surface area contributed by atoms with Crippen molar-refractivity contribution in [1.29, 1.82) is 0 Å². The highest BCUT2D eigenvalue weighted by Gasteiger charge is 2.31. The molecule has 0 atom stereocenters. The molecule has 0 radical (unpaired) electrons. The predicted molar refractivity (Wildman–Crippen MR) is 45.6 cm³/mol. The number of aromatic carboxylic acids is 1. The van der Waals surface area contributed by atoms with E-state index in [0.29, 0.717) is 6.20 Å². The molecule has 1 aromatic rings. The molecule has 0 aliphatic rings. The van der Waals surface area contributed by atoms with Crippen molar-refractivity contribution >= 4 is 11.7 Å². The van der Waals surface area contributed by atoms with Gasteiger partial charge in [0.05, 0.1) is 10.5 Å². The Morgan fingerprint density at radius 1 is 1.56 bits per heavy atom. The minimum Gasteiger partial charge on any atom is -0.478 e. The Morgan fingerprint density at radius 3 is 2.50 bits per heavy atom. The zero-order valence-corrected chi connectivity index (χ0v) is 7.44. The van der Waals surface area contributed by atoms with Crippen molar-refractivity contribution in [3.05, 3.63) is 37.8 Å². The molecule has 1 heterocycles. The minimum absolute atomic E-state index is 0.499. The summed E-state index contributed by atoms with van der Waals surface area (Å²) in [6.45, 7) is 0. The molecule has 7 nitrogen and oxygen atoms in total. The summed E-state index contributed by atoms with van der Waals surface area (Å²) in [5.41, 5.74) is -5.21. The first-order valence-electron chi connectivity index (χ1n) is 3.77. The predicted octanol–water partition coefficient (Wildman–Crippen LogP) is 0.919. The molecule has 1 aromatic heterocycles. The number of nitrogens with one attached hydrogen (secondary N) is 1. The van der Waals surface area contributed by atoms with Gasteiger partial charge in [-0.25, -0.2) is 13.6 Å². The molecule has 86 valence electrons. The Kier molecular flexibility index (Phi) is 2.97. The number of rotatable bonds is 3. The molecule has 0 aromatic carbocycles. The Morgan fingerprint density at radius 2 is 2.12 bits per heavy atom. The highest BCUT2D eigenvalue weighted by Crippen LogP contribution is 2.28. The number of aromatic amines is 1. The second kappa shape index (κ2) is 4.04. The molecule has 0 fully saturated rings. The number of carbonyl (C=O) groups is 1. The molecule has 0 unspecified atom stereocenters. The van der Waals surface area contributed by atoms with E-state index in [2.05, 4.69) is 0 Å². The van der Waals surface area contributed by atoms with E-state index in [1.807, 2.05) is 0 Å². The molecule has 0 spiro atoms. The fourth-order valence-corrected chi connectivity index (χ4v) is 1.11. The molecule has 0 aliphatic carbocycles. The van der Waals surface area contributed by atoms with Crippen molar-refractivity contribution in [1.82, 2.24) is 4.98 Å². The maximum Gasteiger partial charge on any atom is 0.343 e. The molecule has 0 saturated heterocycles. The molecule has 0 aliphatic heterocycles. The summed E-state index contributed by atoms with van der Waals surface area (Å²) in [6, 6.07) is 0. The maximum absolute atomic E-state index is 12.5. The third kappa shape index (κ3) is 1.87. The van der Waals surface area contributed by atoms with Gasteiger partial charge >= 0.3 is 17.2 Å². The van der Waals surface area contributed by atoms with Crippen LogP contribution in [0.15, 0.2) is 11.0 Å². The largest absolute Gasteiger partial charge is 0.478 e. The van der Waals surface area contributed by atoms with Gasteiger partial charge in [0.1, 0.15) is 5.56 Å². The van der Waals surface area contributed by atoms with Gasteiger partial charge in [-0.15, -0.1) is 0 Å². The van der Waals surface area contributed by atoms with Gasteiger partial charge in [0, 0.05) is 6.20 Å². The van der Waals surface area contributed by atoms with Crippen molar-refractivity contribution in [2.75, 3.05) is 0 Å². The van der Waals surface area contributed by atoms with E-state index < -0.39 is 39.7 Å². The van der Waals surface area contributed by atoms with Gasteiger partial charge in [-0.05, 0) is 0 Å². The van der Waals surface area contributed by atoms with E-state index in [9.17, 15) is 28.5 Å². The number of pyridine rings is 1. The molecule has 9 heteroatoms. The van der Waals surface area contributed by atoms with E-state index in [-0.39, 0.29) is 0 Å². The fourth-order valence-electron chi connectivity index (χ4n) is 1.11. The molecule has 16 heavy (non-hydrogen) atoms. The average molecular weight is 234 g/mol. The van der Waals surface area contributed by atoms with Crippen LogP contribution in [0.1, 0.15) is 22.3 Å². The average Bonchev–Trinajstić information content (AvgIpc) is 2.15. The zero-order chi connectivity index (χ0) is 12.5. The lowest BCUT2D eigenvalue weighted by Crippen LogP contribution is -2.18. The lowest BCUT2D eigenvalue weighted by Gasteiger charge is -2.04. The molecule has 1 rings (SSSR count). The second-order valence-electron chi connectivity index (χ2n) is 2.66. The van der Waals surface area contributed by atoms with Crippen LogP contribution >= 0.6 is 0 Å². The van der Waals surface area contributed by atoms with Crippen molar-refractivity contribution in [3.8, 4) is 0 Å².